The second kappa shape index (κ2) is 5.44. The third-order valence-electron chi connectivity index (χ3n) is 2.80. The Labute approximate surface area is 115 Å². The second-order valence-electron chi connectivity index (χ2n) is 4.07. The lowest BCUT2D eigenvalue weighted by Crippen LogP contribution is -2.51. The molecule has 1 aliphatic heterocycles. The molecule has 8 heteroatoms. The quantitative estimate of drug-likeness (QED) is 0.792. The average molecular weight is 307 g/mol. The summed E-state index contributed by atoms with van der Waals surface area (Å²) < 4.78 is 40.2. The molecule has 0 saturated carbocycles. The van der Waals surface area contributed by atoms with Crippen molar-refractivity contribution in [1.82, 2.24) is 4.31 Å². The highest BCUT2D eigenvalue weighted by Gasteiger charge is 2.35. The summed E-state index contributed by atoms with van der Waals surface area (Å²) in [6, 6.07) is 5.62. The first-order valence-electron chi connectivity index (χ1n) is 5.63. The van der Waals surface area contributed by atoms with E-state index in [0.29, 0.717) is 6.42 Å². The lowest BCUT2D eigenvalue weighted by molar-refractivity contribution is -0.111. The van der Waals surface area contributed by atoms with Gasteiger partial charge >= 0.3 is 10.2 Å². The van der Waals surface area contributed by atoms with Crippen LogP contribution in [-0.2, 0) is 15.0 Å². The first-order valence-corrected chi connectivity index (χ1v) is 7.41. The molecule has 0 amide bonds. The molecule has 2 rings (SSSR count). The Hall–Kier alpha value is -1.18. The van der Waals surface area contributed by atoms with Crippen molar-refractivity contribution in [2.24, 2.45) is 0 Å². The van der Waals surface area contributed by atoms with E-state index in [0.717, 1.165) is 8.61 Å². The molecule has 0 bridgehead atoms. The van der Waals surface area contributed by atoms with Crippen LogP contribution in [0.15, 0.2) is 24.3 Å². The summed E-state index contributed by atoms with van der Waals surface area (Å²) in [7, 11) is -3.91. The van der Waals surface area contributed by atoms with Crippen LogP contribution in [0.25, 0.3) is 0 Å². The van der Waals surface area contributed by atoms with Crippen LogP contribution < -0.4 is 4.31 Å². The third kappa shape index (κ3) is 2.88. The predicted octanol–water partition coefficient (Wildman–Crippen LogP) is 1.35. The molecular formula is C11H12ClFN2O3S. The van der Waals surface area contributed by atoms with Crippen LogP contribution in [0.1, 0.15) is 6.42 Å². The summed E-state index contributed by atoms with van der Waals surface area (Å²) in [5.74, 6) is -0.620. The molecule has 1 saturated heterocycles. The number of hydrogen-bond donors (Lipinski definition) is 0. The average Bonchev–Trinajstić information content (AvgIpc) is 2.32. The van der Waals surface area contributed by atoms with E-state index < -0.39 is 27.8 Å². The molecule has 1 aliphatic rings. The molecule has 0 spiro atoms. The van der Waals surface area contributed by atoms with Crippen molar-refractivity contribution in [3.8, 4) is 0 Å². The molecule has 104 valence electrons. The van der Waals surface area contributed by atoms with Crippen LogP contribution in [0.3, 0.4) is 0 Å². The third-order valence-corrected chi connectivity index (χ3v) is 4.82. The van der Waals surface area contributed by atoms with Gasteiger partial charge in [-0.05, 0) is 30.2 Å². The van der Waals surface area contributed by atoms with Gasteiger partial charge < -0.3 is 0 Å². The zero-order valence-corrected chi connectivity index (χ0v) is 11.5. The molecule has 0 aromatic heterocycles. The summed E-state index contributed by atoms with van der Waals surface area (Å²) in [4.78, 5) is 10.9. The molecule has 0 atom stereocenters. The number of carbonyl (C=O) groups is 1. The Bertz CT molecular complexity index is 593. The van der Waals surface area contributed by atoms with Crippen LogP contribution in [0.4, 0.5) is 10.1 Å². The fourth-order valence-electron chi connectivity index (χ4n) is 1.96. The molecule has 0 N–H and O–H groups in total. The van der Waals surface area contributed by atoms with E-state index in [2.05, 4.69) is 0 Å². The van der Waals surface area contributed by atoms with Crippen molar-refractivity contribution in [3.63, 3.8) is 0 Å². The molecular weight excluding hydrogens is 295 g/mol. The number of nitrogens with zero attached hydrogens (tertiary/aromatic N) is 2. The fourth-order valence-corrected chi connectivity index (χ4v) is 3.85. The first-order chi connectivity index (χ1) is 8.93. The van der Waals surface area contributed by atoms with E-state index in [9.17, 15) is 17.6 Å². The van der Waals surface area contributed by atoms with Gasteiger partial charge in [-0.2, -0.15) is 12.7 Å². The van der Waals surface area contributed by atoms with Crippen molar-refractivity contribution in [2.45, 2.75) is 6.42 Å². The van der Waals surface area contributed by atoms with Crippen molar-refractivity contribution >= 4 is 32.7 Å². The van der Waals surface area contributed by atoms with E-state index in [1.165, 1.54) is 18.2 Å². The van der Waals surface area contributed by atoms with Gasteiger partial charge in [0.2, 0.25) is 5.24 Å². The van der Waals surface area contributed by atoms with Crippen molar-refractivity contribution in [3.05, 3.63) is 30.1 Å². The molecule has 0 aliphatic carbocycles. The first kappa shape index (κ1) is 14.2. The van der Waals surface area contributed by atoms with Crippen LogP contribution in [0.5, 0.6) is 0 Å². The van der Waals surface area contributed by atoms with Crippen molar-refractivity contribution < 1.29 is 17.6 Å². The van der Waals surface area contributed by atoms with Crippen LogP contribution in [0.2, 0.25) is 0 Å². The van der Waals surface area contributed by atoms with Crippen LogP contribution >= 0.6 is 11.6 Å². The van der Waals surface area contributed by atoms with E-state index in [1.54, 1.807) is 6.07 Å². The Morgan fingerprint density at radius 1 is 1.32 bits per heavy atom. The maximum atomic E-state index is 13.7. The SMILES string of the molecule is O=C(Cl)CN1CCCN(c2ccccc2F)S1(=O)=O. The van der Waals surface area contributed by atoms with Gasteiger partial charge in [0, 0.05) is 13.1 Å². The second-order valence-corrected chi connectivity index (χ2v) is 6.35. The monoisotopic (exact) mass is 306 g/mol. The zero-order chi connectivity index (χ0) is 14.0. The van der Waals surface area contributed by atoms with Gasteiger partial charge in [0.25, 0.3) is 0 Å². The number of carbonyl (C=O) groups excluding carboxylic acids is 1. The smallest absolute Gasteiger partial charge is 0.280 e. The normalized spacial score (nSPS) is 19.4. The highest BCUT2D eigenvalue weighted by atomic mass is 35.5. The van der Waals surface area contributed by atoms with E-state index in [1.807, 2.05) is 0 Å². The van der Waals surface area contributed by atoms with Crippen LogP contribution in [-0.4, -0.2) is 37.6 Å². The minimum Gasteiger partial charge on any atom is -0.280 e. The van der Waals surface area contributed by atoms with Crippen molar-refractivity contribution in [2.75, 3.05) is 23.9 Å². The number of benzene rings is 1. The highest BCUT2D eigenvalue weighted by molar-refractivity contribution is 7.90. The summed E-state index contributed by atoms with van der Waals surface area (Å²) in [6.07, 6.45) is 0.498. The Morgan fingerprint density at radius 2 is 2.00 bits per heavy atom. The molecule has 1 aromatic rings. The van der Waals surface area contributed by atoms with Crippen molar-refractivity contribution in [1.29, 1.82) is 0 Å². The van der Waals surface area contributed by atoms with Gasteiger partial charge in [0.1, 0.15) is 5.82 Å². The molecule has 5 nitrogen and oxygen atoms in total. The van der Waals surface area contributed by atoms with Gasteiger partial charge in [-0.15, -0.1) is 0 Å². The number of hydrogen-bond acceptors (Lipinski definition) is 3. The lowest BCUT2D eigenvalue weighted by Gasteiger charge is -2.35. The molecule has 1 aromatic carbocycles. The van der Waals surface area contributed by atoms with E-state index in [-0.39, 0.29) is 18.8 Å². The summed E-state index contributed by atoms with van der Waals surface area (Å²) >= 11 is 5.23. The molecule has 1 fully saturated rings. The van der Waals surface area contributed by atoms with E-state index >= 15 is 0 Å². The Balaban J connectivity index is 2.36. The number of rotatable bonds is 3. The standard InChI is InChI=1S/C11H12ClFN2O3S/c12-11(16)8-14-6-3-7-15(19(14,17)18)10-5-2-1-4-9(10)13/h1-2,4-5H,3,6-8H2. The van der Waals surface area contributed by atoms with Gasteiger partial charge in [-0.3, -0.25) is 9.10 Å². The topological polar surface area (TPSA) is 57.7 Å². The van der Waals surface area contributed by atoms with Crippen LogP contribution in [0, 0.1) is 5.82 Å². The Kier molecular flexibility index (Phi) is 4.07. The zero-order valence-electron chi connectivity index (χ0n) is 9.92. The summed E-state index contributed by atoms with van der Waals surface area (Å²) in [6.45, 7) is -0.0309. The fraction of sp³-hybridized carbons (Fsp3) is 0.364. The number of para-hydroxylation sites is 1. The lowest BCUT2D eigenvalue weighted by atomic mass is 10.3. The minimum absolute atomic E-state index is 0.0192. The predicted molar refractivity (Wildman–Crippen MR) is 69.7 cm³/mol. The summed E-state index contributed by atoms with van der Waals surface area (Å²) in [5.41, 5.74) is -0.0192. The minimum atomic E-state index is -3.91. The molecule has 1 heterocycles. The van der Waals surface area contributed by atoms with E-state index in [4.69, 9.17) is 11.6 Å². The maximum absolute atomic E-state index is 13.7. The molecule has 0 radical (unpaired) electrons. The number of halogens is 2. The molecule has 0 unspecified atom stereocenters. The summed E-state index contributed by atoms with van der Waals surface area (Å²) in [5, 5.41) is -0.765. The largest absolute Gasteiger partial charge is 0.304 e. The van der Waals surface area contributed by atoms with Gasteiger partial charge in [-0.25, -0.2) is 4.39 Å². The maximum Gasteiger partial charge on any atom is 0.304 e. The van der Waals surface area contributed by atoms with Gasteiger partial charge in [0.15, 0.2) is 0 Å². The number of anilines is 1. The van der Waals surface area contributed by atoms with Gasteiger partial charge in [-0.1, -0.05) is 12.1 Å². The van der Waals surface area contributed by atoms with Gasteiger partial charge in [0.05, 0.1) is 12.2 Å². The highest BCUT2D eigenvalue weighted by Crippen LogP contribution is 2.26. The molecule has 19 heavy (non-hydrogen) atoms. The Morgan fingerprint density at radius 3 is 2.63 bits per heavy atom.